The number of hydrogen-bond acceptors (Lipinski definition) is 12. The molecule has 0 saturated heterocycles. The van der Waals surface area contributed by atoms with Gasteiger partial charge in [0.1, 0.15) is 30.8 Å². The van der Waals surface area contributed by atoms with Gasteiger partial charge in [-0.25, -0.2) is 9.97 Å². The number of ether oxygens (including phenoxy) is 1. The maximum atomic E-state index is 10.5. The van der Waals surface area contributed by atoms with Crippen molar-refractivity contribution in [2.75, 3.05) is 36.7 Å². The van der Waals surface area contributed by atoms with Gasteiger partial charge in [0.2, 0.25) is 0 Å². The lowest BCUT2D eigenvalue weighted by Crippen LogP contribution is -2.50. The molecule has 6 N–H and O–H groups in total. The van der Waals surface area contributed by atoms with E-state index in [-0.39, 0.29) is 17.5 Å². The molecular weight excluding hydrogens is 388 g/mol. The molecule has 5 atom stereocenters. The van der Waals surface area contributed by atoms with Crippen molar-refractivity contribution in [1.29, 1.82) is 0 Å². The second-order valence-electron chi connectivity index (χ2n) is 6.87. The Morgan fingerprint density at radius 1 is 1.41 bits per heavy atom. The smallest absolute Gasteiger partial charge is 0.294 e. The third-order valence-corrected chi connectivity index (χ3v) is 4.98. The maximum Gasteiger partial charge on any atom is 0.294 e. The molecule has 0 aromatic carbocycles. The summed E-state index contributed by atoms with van der Waals surface area (Å²) < 4.78 is 4.97. The van der Waals surface area contributed by atoms with Crippen molar-refractivity contribution in [2.45, 2.75) is 56.3 Å². The summed E-state index contributed by atoms with van der Waals surface area (Å²) in [5, 5.41) is 43.4. The van der Waals surface area contributed by atoms with Gasteiger partial charge >= 0.3 is 0 Å². The van der Waals surface area contributed by atoms with Crippen LogP contribution >= 0.6 is 0 Å². The highest BCUT2D eigenvalue weighted by Crippen LogP contribution is 2.30. The van der Waals surface area contributed by atoms with Gasteiger partial charge in [0.05, 0.1) is 12.1 Å². The number of nitrogens with two attached hydrogens (primary N) is 1. The quantitative estimate of drug-likeness (QED) is 0.180. The van der Waals surface area contributed by atoms with E-state index >= 15 is 0 Å². The molecule has 1 aliphatic rings. The first-order valence-corrected chi connectivity index (χ1v) is 9.20. The molecule has 0 aliphatic heterocycles. The van der Waals surface area contributed by atoms with Gasteiger partial charge in [-0.3, -0.25) is 0 Å². The molecule has 2 rings (SSSR count). The normalized spacial score (nSPS) is 22.4. The van der Waals surface area contributed by atoms with E-state index < -0.39 is 36.2 Å². The van der Waals surface area contributed by atoms with Crippen LogP contribution in [0, 0.1) is 10.1 Å². The highest BCUT2D eigenvalue weighted by atomic mass is 17.0. The molecule has 1 saturated carbocycles. The van der Waals surface area contributed by atoms with Crippen molar-refractivity contribution in [1.82, 2.24) is 9.97 Å². The molecule has 5 unspecified atom stereocenters. The Morgan fingerprint density at radius 3 is 2.72 bits per heavy atom. The summed E-state index contributed by atoms with van der Waals surface area (Å²) >= 11 is 0. The summed E-state index contributed by atoms with van der Waals surface area (Å²) in [6.07, 6.45) is -0.182. The van der Waals surface area contributed by atoms with Crippen molar-refractivity contribution >= 4 is 17.3 Å². The summed E-state index contributed by atoms with van der Waals surface area (Å²) in [5.74, 6) is 0.430. The largest absolute Gasteiger partial charge is 0.393 e. The van der Waals surface area contributed by atoms with Crippen LogP contribution in [0.4, 0.5) is 17.3 Å². The molecule has 164 valence electrons. The van der Waals surface area contributed by atoms with Gasteiger partial charge in [-0.1, -0.05) is 12.8 Å². The number of hydrogen-bond donors (Lipinski definition) is 5. The van der Waals surface area contributed by atoms with Crippen LogP contribution in [-0.4, -0.2) is 81.7 Å². The molecule has 29 heavy (non-hydrogen) atoms. The Balaban J connectivity index is 2.12. The van der Waals surface area contributed by atoms with Crippen molar-refractivity contribution in [2.24, 2.45) is 0 Å². The molecule has 1 aromatic rings. The van der Waals surface area contributed by atoms with E-state index in [1.54, 1.807) is 0 Å². The van der Waals surface area contributed by atoms with E-state index in [9.17, 15) is 25.4 Å². The number of nitrogen functional groups attached to an aromatic ring is 1. The van der Waals surface area contributed by atoms with Gasteiger partial charge in [0.25, 0.3) is 5.09 Å². The monoisotopic (exact) mass is 416 g/mol. The van der Waals surface area contributed by atoms with Gasteiger partial charge in [-0.15, -0.1) is 10.1 Å². The zero-order valence-corrected chi connectivity index (χ0v) is 16.3. The number of aromatic nitrogens is 2. The Labute approximate surface area is 167 Å². The lowest BCUT2D eigenvalue weighted by molar-refractivity contribution is -0.759. The number of nitrogens with zero attached hydrogens (tertiary/aromatic N) is 4. The standard InChI is InChI=1S/C16H28N6O7/c1-21(16(25)13(24)11(28-2)7-29-22(26)27)15-12(17)14(18-8-19-15)20-9-5-3-4-6-10(9)23/h8-11,13,16,23-25H,3-7,17H2,1-2H3,(H,18,19,20). The summed E-state index contributed by atoms with van der Waals surface area (Å²) in [6.45, 7) is -0.568. The fraction of sp³-hybridized carbons (Fsp3) is 0.750. The average Bonchev–Trinajstić information content (AvgIpc) is 2.70. The van der Waals surface area contributed by atoms with Crippen LogP contribution in [0.2, 0.25) is 0 Å². The van der Waals surface area contributed by atoms with Crippen LogP contribution in [0.1, 0.15) is 25.7 Å². The Kier molecular flexibility index (Phi) is 8.13. The minimum atomic E-state index is -1.56. The predicted molar refractivity (Wildman–Crippen MR) is 102 cm³/mol. The van der Waals surface area contributed by atoms with E-state index in [1.165, 1.54) is 25.4 Å². The molecule has 13 nitrogen and oxygen atoms in total. The van der Waals surface area contributed by atoms with Gasteiger partial charge in [0.15, 0.2) is 17.9 Å². The molecule has 1 aromatic heterocycles. The summed E-state index contributed by atoms with van der Waals surface area (Å²) in [4.78, 5) is 23.9. The minimum absolute atomic E-state index is 0.120. The number of aliphatic hydroxyl groups excluding tert-OH is 3. The summed E-state index contributed by atoms with van der Waals surface area (Å²) in [7, 11) is 2.66. The first kappa shape index (κ1) is 22.8. The Morgan fingerprint density at radius 2 is 2.10 bits per heavy atom. The van der Waals surface area contributed by atoms with Gasteiger partial charge in [0, 0.05) is 14.2 Å². The zero-order valence-electron chi connectivity index (χ0n) is 16.3. The van der Waals surface area contributed by atoms with E-state index in [1.807, 2.05) is 0 Å². The van der Waals surface area contributed by atoms with Crippen LogP contribution in [-0.2, 0) is 9.57 Å². The SMILES string of the molecule is COC(CO[N+](=O)[O-])C(O)C(O)N(C)c1ncnc(NC2CCCCC2O)c1N. The van der Waals surface area contributed by atoms with Crippen LogP contribution in [0.25, 0.3) is 0 Å². The van der Waals surface area contributed by atoms with Gasteiger partial charge in [-0.2, -0.15) is 0 Å². The van der Waals surface area contributed by atoms with E-state index in [0.717, 1.165) is 19.3 Å². The number of anilines is 3. The van der Waals surface area contributed by atoms with Crippen LogP contribution in [0.3, 0.4) is 0 Å². The first-order chi connectivity index (χ1) is 13.8. The minimum Gasteiger partial charge on any atom is -0.393 e. The number of nitrogens with one attached hydrogen (secondary N) is 1. The first-order valence-electron chi connectivity index (χ1n) is 9.20. The molecule has 13 heteroatoms. The van der Waals surface area contributed by atoms with Crippen molar-refractivity contribution < 1.29 is 30.0 Å². The fourth-order valence-corrected chi connectivity index (χ4v) is 3.22. The number of methoxy groups -OCH3 is 1. The zero-order chi connectivity index (χ0) is 21.6. The number of aliphatic hydroxyl groups is 3. The second-order valence-corrected chi connectivity index (χ2v) is 6.87. The summed E-state index contributed by atoms with van der Waals surface area (Å²) in [6, 6.07) is -0.202. The van der Waals surface area contributed by atoms with E-state index in [4.69, 9.17) is 10.5 Å². The molecule has 1 fully saturated rings. The predicted octanol–water partition coefficient (Wildman–Crippen LogP) is -0.887. The Bertz CT molecular complexity index is 681. The molecular formula is C16H28N6O7. The summed E-state index contributed by atoms with van der Waals surface area (Å²) in [5.41, 5.74) is 6.26. The highest BCUT2D eigenvalue weighted by Gasteiger charge is 2.32. The van der Waals surface area contributed by atoms with Crippen LogP contribution < -0.4 is 16.0 Å². The fourth-order valence-electron chi connectivity index (χ4n) is 3.22. The van der Waals surface area contributed by atoms with Crippen LogP contribution in [0.15, 0.2) is 6.33 Å². The van der Waals surface area contributed by atoms with Crippen molar-refractivity contribution in [3.05, 3.63) is 16.4 Å². The third kappa shape index (κ3) is 5.76. The average molecular weight is 416 g/mol. The molecule has 0 radical (unpaired) electrons. The topological polar surface area (TPSA) is 189 Å². The Hall–Kier alpha value is -2.48. The van der Waals surface area contributed by atoms with Crippen LogP contribution in [0.5, 0.6) is 0 Å². The molecule has 0 bridgehead atoms. The second kappa shape index (κ2) is 10.3. The lowest BCUT2D eigenvalue weighted by atomic mass is 9.92. The molecule has 0 amide bonds. The number of rotatable bonds is 10. The maximum absolute atomic E-state index is 10.5. The van der Waals surface area contributed by atoms with E-state index in [2.05, 4.69) is 20.1 Å². The van der Waals surface area contributed by atoms with Gasteiger partial charge < -0.3 is 40.8 Å². The third-order valence-electron chi connectivity index (χ3n) is 4.98. The molecule has 1 aliphatic carbocycles. The van der Waals surface area contributed by atoms with E-state index in [0.29, 0.717) is 12.2 Å². The molecule has 0 spiro atoms. The lowest BCUT2D eigenvalue weighted by Gasteiger charge is -2.33. The number of likely N-dealkylation sites (N-methyl/N-ethyl adjacent to an activating group) is 1. The molecule has 1 heterocycles. The highest BCUT2D eigenvalue weighted by molar-refractivity contribution is 5.75. The van der Waals surface area contributed by atoms with Crippen molar-refractivity contribution in [3.63, 3.8) is 0 Å². The van der Waals surface area contributed by atoms with Gasteiger partial charge in [-0.05, 0) is 12.8 Å². The van der Waals surface area contributed by atoms with Crippen molar-refractivity contribution in [3.8, 4) is 0 Å².